The Morgan fingerprint density at radius 2 is 1.48 bits per heavy atom. The lowest BCUT2D eigenvalue weighted by atomic mass is 10.0. The molecule has 0 spiro atoms. The molecule has 0 saturated carbocycles. The first-order chi connectivity index (χ1) is 14.1. The van der Waals surface area contributed by atoms with E-state index in [0.717, 1.165) is 16.7 Å². The van der Waals surface area contributed by atoms with E-state index >= 15 is 0 Å². The predicted molar refractivity (Wildman–Crippen MR) is 114 cm³/mol. The van der Waals surface area contributed by atoms with Crippen molar-refractivity contribution in [2.45, 2.75) is 13.0 Å². The maximum absolute atomic E-state index is 12.3. The van der Waals surface area contributed by atoms with Gasteiger partial charge in [-0.1, -0.05) is 60.7 Å². The first kappa shape index (κ1) is 20.1. The summed E-state index contributed by atoms with van der Waals surface area (Å²) in [6.07, 6.45) is 0. The Kier molecular flexibility index (Phi) is 6.63. The molecule has 0 radical (unpaired) electrons. The van der Waals surface area contributed by atoms with Crippen LogP contribution in [0, 0.1) is 0 Å². The SMILES string of the molecule is COc1ccccc1C(C)NC(=O)CNC(=O)c1ccc(-c2ccccc2)cc1. The van der Waals surface area contributed by atoms with Gasteiger partial charge in [0.05, 0.1) is 19.7 Å². The number of carbonyl (C=O) groups is 2. The minimum absolute atomic E-state index is 0.0985. The van der Waals surface area contributed by atoms with Crippen LogP contribution in [0.15, 0.2) is 78.9 Å². The van der Waals surface area contributed by atoms with Gasteiger partial charge in [-0.15, -0.1) is 0 Å². The van der Waals surface area contributed by atoms with Gasteiger partial charge in [-0.05, 0) is 36.2 Å². The maximum atomic E-state index is 12.3. The molecule has 148 valence electrons. The third-order valence-electron chi connectivity index (χ3n) is 4.65. The fraction of sp³-hybridized carbons (Fsp3) is 0.167. The van der Waals surface area contributed by atoms with Crippen LogP contribution in [0.25, 0.3) is 11.1 Å². The summed E-state index contributed by atoms with van der Waals surface area (Å²) in [6, 6.07) is 24.5. The number of methoxy groups -OCH3 is 1. The van der Waals surface area contributed by atoms with Gasteiger partial charge in [0.15, 0.2) is 0 Å². The smallest absolute Gasteiger partial charge is 0.251 e. The first-order valence-electron chi connectivity index (χ1n) is 9.44. The number of hydrogen-bond acceptors (Lipinski definition) is 3. The van der Waals surface area contributed by atoms with Crippen molar-refractivity contribution >= 4 is 11.8 Å². The van der Waals surface area contributed by atoms with Crippen LogP contribution in [0.1, 0.15) is 28.9 Å². The highest BCUT2D eigenvalue weighted by atomic mass is 16.5. The maximum Gasteiger partial charge on any atom is 0.251 e. The summed E-state index contributed by atoms with van der Waals surface area (Å²) in [5, 5.41) is 5.54. The average molecular weight is 388 g/mol. The molecule has 0 heterocycles. The summed E-state index contributed by atoms with van der Waals surface area (Å²) in [5.74, 6) is 0.158. The van der Waals surface area contributed by atoms with E-state index in [1.54, 1.807) is 19.2 Å². The summed E-state index contributed by atoms with van der Waals surface area (Å²) in [7, 11) is 1.59. The van der Waals surface area contributed by atoms with Crippen molar-refractivity contribution in [3.8, 4) is 16.9 Å². The molecule has 0 aliphatic heterocycles. The summed E-state index contributed by atoms with van der Waals surface area (Å²) in [6.45, 7) is 1.78. The van der Waals surface area contributed by atoms with Crippen molar-refractivity contribution in [2.75, 3.05) is 13.7 Å². The van der Waals surface area contributed by atoms with Crippen LogP contribution < -0.4 is 15.4 Å². The van der Waals surface area contributed by atoms with E-state index in [4.69, 9.17) is 4.74 Å². The monoisotopic (exact) mass is 388 g/mol. The predicted octanol–water partition coefficient (Wildman–Crippen LogP) is 3.97. The minimum atomic E-state index is -0.287. The number of amides is 2. The largest absolute Gasteiger partial charge is 0.496 e. The second-order valence-electron chi connectivity index (χ2n) is 6.66. The third-order valence-corrected chi connectivity index (χ3v) is 4.65. The number of nitrogens with one attached hydrogen (secondary N) is 2. The zero-order valence-electron chi connectivity index (χ0n) is 16.5. The van der Waals surface area contributed by atoms with Gasteiger partial charge in [-0.3, -0.25) is 9.59 Å². The molecule has 5 nitrogen and oxygen atoms in total. The minimum Gasteiger partial charge on any atom is -0.496 e. The molecule has 0 fully saturated rings. The Bertz CT molecular complexity index is 969. The lowest BCUT2D eigenvalue weighted by molar-refractivity contribution is -0.120. The second kappa shape index (κ2) is 9.55. The van der Waals surface area contributed by atoms with Crippen molar-refractivity contribution in [3.63, 3.8) is 0 Å². The lowest BCUT2D eigenvalue weighted by Crippen LogP contribution is -2.38. The molecule has 3 aromatic carbocycles. The Morgan fingerprint density at radius 1 is 0.862 bits per heavy atom. The Labute approximate surface area is 170 Å². The average Bonchev–Trinajstić information content (AvgIpc) is 2.78. The molecule has 0 saturated heterocycles. The molecule has 1 unspecified atom stereocenters. The topological polar surface area (TPSA) is 67.4 Å². The van der Waals surface area contributed by atoms with Gasteiger partial charge in [-0.25, -0.2) is 0 Å². The van der Waals surface area contributed by atoms with Crippen LogP contribution in [0.3, 0.4) is 0 Å². The first-order valence-corrected chi connectivity index (χ1v) is 9.44. The number of para-hydroxylation sites is 1. The number of benzene rings is 3. The number of carbonyl (C=O) groups excluding carboxylic acids is 2. The van der Waals surface area contributed by atoms with Crippen LogP contribution in [-0.4, -0.2) is 25.5 Å². The van der Waals surface area contributed by atoms with Crippen molar-refractivity contribution < 1.29 is 14.3 Å². The van der Waals surface area contributed by atoms with Crippen LogP contribution in [-0.2, 0) is 4.79 Å². The zero-order chi connectivity index (χ0) is 20.6. The highest BCUT2D eigenvalue weighted by Gasteiger charge is 2.14. The molecule has 3 rings (SSSR count). The second-order valence-corrected chi connectivity index (χ2v) is 6.66. The van der Waals surface area contributed by atoms with Crippen LogP contribution in [0.5, 0.6) is 5.75 Å². The number of rotatable bonds is 7. The number of ether oxygens (including phenoxy) is 1. The van der Waals surface area contributed by atoms with Crippen molar-refractivity contribution in [2.24, 2.45) is 0 Å². The normalized spacial score (nSPS) is 11.4. The molecular formula is C24H24N2O3. The van der Waals surface area contributed by atoms with Gasteiger partial charge in [0.1, 0.15) is 5.75 Å². The molecule has 0 aliphatic rings. The fourth-order valence-corrected chi connectivity index (χ4v) is 3.10. The zero-order valence-corrected chi connectivity index (χ0v) is 16.5. The van der Waals surface area contributed by atoms with Crippen LogP contribution in [0.4, 0.5) is 0 Å². The van der Waals surface area contributed by atoms with Crippen molar-refractivity contribution in [1.82, 2.24) is 10.6 Å². The Morgan fingerprint density at radius 3 is 2.17 bits per heavy atom. The molecule has 29 heavy (non-hydrogen) atoms. The van der Waals surface area contributed by atoms with Gasteiger partial charge < -0.3 is 15.4 Å². The highest BCUT2D eigenvalue weighted by molar-refractivity contribution is 5.96. The van der Waals surface area contributed by atoms with Crippen LogP contribution >= 0.6 is 0 Å². The fourth-order valence-electron chi connectivity index (χ4n) is 3.10. The van der Waals surface area contributed by atoms with Gasteiger partial charge in [-0.2, -0.15) is 0 Å². The van der Waals surface area contributed by atoms with E-state index < -0.39 is 0 Å². The van der Waals surface area contributed by atoms with Gasteiger partial charge in [0.2, 0.25) is 5.91 Å². The molecule has 1 atom stereocenters. The van der Waals surface area contributed by atoms with Crippen molar-refractivity contribution in [3.05, 3.63) is 90.0 Å². The van der Waals surface area contributed by atoms with E-state index in [0.29, 0.717) is 11.3 Å². The van der Waals surface area contributed by atoms with E-state index in [1.807, 2.05) is 73.7 Å². The molecule has 2 amide bonds. The summed E-state index contributed by atoms with van der Waals surface area (Å²) >= 11 is 0. The molecular weight excluding hydrogens is 364 g/mol. The molecule has 0 bridgehead atoms. The molecule has 3 aromatic rings. The van der Waals surface area contributed by atoms with Gasteiger partial charge in [0.25, 0.3) is 5.91 Å². The van der Waals surface area contributed by atoms with Gasteiger partial charge >= 0.3 is 0 Å². The van der Waals surface area contributed by atoms with Crippen LogP contribution in [0.2, 0.25) is 0 Å². The summed E-state index contributed by atoms with van der Waals surface area (Å²) in [4.78, 5) is 24.6. The lowest BCUT2D eigenvalue weighted by Gasteiger charge is -2.17. The number of hydrogen-bond donors (Lipinski definition) is 2. The molecule has 0 aromatic heterocycles. The summed E-state index contributed by atoms with van der Waals surface area (Å²) < 4.78 is 5.32. The Balaban J connectivity index is 1.54. The molecule has 0 aliphatic carbocycles. The van der Waals surface area contributed by atoms with E-state index in [9.17, 15) is 9.59 Å². The highest BCUT2D eigenvalue weighted by Crippen LogP contribution is 2.24. The Hall–Kier alpha value is -3.60. The molecule has 5 heteroatoms. The van der Waals surface area contributed by atoms with Gasteiger partial charge in [0, 0.05) is 11.1 Å². The third kappa shape index (κ3) is 5.23. The standard InChI is InChI=1S/C24H24N2O3/c1-17(21-10-6-7-11-22(21)29-2)26-23(27)16-25-24(28)20-14-12-19(13-15-20)18-8-4-3-5-9-18/h3-15,17H,16H2,1-2H3,(H,25,28)(H,26,27). The van der Waals surface area contributed by atoms with E-state index in [-0.39, 0.29) is 24.4 Å². The molecule has 2 N–H and O–H groups in total. The van der Waals surface area contributed by atoms with E-state index in [1.165, 1.54) is 0 Å². The van der Waals surface area contributed by atoms with E-state index in [2.05, 4.69) is 10.6 Å². The quantitative estimate of drug-likeness (QED) is 0.644. The van der Waals surface area contributed by atoms with Crippen molar-refractivity contribution in [1.29, 1.82) is 0 Å². The summed E-state index contributed by atoms with van der Waals surface area (Å²) in [5.41, 5.74) is 3.51.